The molecule has 4 N–H and O–H groups in total. The molecule has 1 saturated heterocycles. The number of carboxylic acid groups (broad SMARTS) is 1. The van der Waals surface area contributed by atoms with Crippen LogP contribution in [0.15, 0.2) is 102 Å². The molecule has 2 unspecified atom stereocenters. The average Bonchev–Trinajstić information content (AvgIpc) is 3.31. The lowest BCUT2D eigenvalue weighted by Crippen LogP contribution is -2.82. The molecule has 18 nitrogen and oxygen atoms in total. The summed E-state index contributed by atoms with van der Waals surface area (Å²) in [6, 6.07) is 22.1. The monoisotopic (exact) mass is 981 g/mol. The molecule has 11 atom stereocenters. The van der Waals surface area contributed by atoms with Gasteiger partial charge in [-0.1, -0.05) is 80.6 Å². The molecule has 18 heteroatoms. The molecule has 3 aromatic rings. The summed E-state index contributed by atoms with van der Waals surface area (Å²) in [7, 11) is 0. The van der Waals surface area contributed by atoms with E-state index in [0.29, 0.717) is 0 Å². The van der Waals surface area contributed by atoms with Crippen molar-refractivity contribution in [2.24, 2.45) is 22.2 Å². The molecule has 2 saturated carbocycles. The Morgan fingerprint density at radius 3 is 1.94 bits per heavy atom. The van der Waals surface area contributed by atoms with E-state index in [1.54, 1.807) is 66.7 Å². The van der Waals surface area contributed by atoms with Gasteiger partial charge in [0.2, 0.25) is 6.10 Å². The maximum Gasteiger partial charge on any atom is 0.350 e. The maximum atomic E-state index is 15.7. The van der Waals surface area contributed by atoms with E-state index in [9.17, 15) is 44.1 Å². The van der Waals surface area contributed by atoms with Crippen LogP contribution in [-0.4, -0.2) is 117 Å². The highest BCUT2D eigenvalue weighted by Crippen LogP contribution is 2.64. The second kappa shape index (κ2) is 19.4. The van der Waals surface area contributed by atoms with Gasteiger partial charge in [0, 0.05) is 37.7 Å². The van der Waals surface area contributed by atoms with Crippen molar-refractivity contribution in [3.05, 3.63) is 119 Å². The van der Waals surface area contributed by atoms with E-state index in [2.05, 4.69) is 5.32 Å². The van der Waals surface area contributed by atoms with Crippen molar-refractivity contribution in [2.75, 3.05) is 6.61 Å². The molecule has 0 spiro atoms. The van der Waals surface area contributed by atoms with Crippen LogP contribution in [0.3, 0.4) is 0 Å². The highest BCUT2D eigenvalue weighted by Gasteiger charge is 2.78. The van der Waals surface area contributed by atoms with Crippen molar-refractivity contribution in [1.29, 1.82) is 0 Å². The number of benzene rings is 3. The predicted molar refractivity (Wildman–Crippen MR) is 248 cm³/mol. The third-order valence-corrected chi connectivity index (χ3v) is 14.8. The SMILES string of the molecule is CC(=O)O[C@H]1C(=O)[C@@]2(C)C(C(OC(=O)c3ccccc3)[C@]3(O)C[C@H](OC(=O)[C@H](OC(=O)C(C)(C)CC(=O)O)[C@@H](NC(=O)c4ccccc4)c4ccccc4)C(C)=C1C3(C)C)[C@]1(OC(C)=O)CO[C@@H]1C[C@@H]2O. The first-order valence-electron chi connectivity index (χ1n) is 23.2. The Kier molecular flexibility index (Phi) is 14.3. The number of aliphatic hydroxyl groups excluding tert-OH is 1. The van der Waals surface area contributed by atoms with Crippen molar-refractivity contribution in [3.63, 3.8) is 0 Å². The minimum absolute atomic E-state index is 0.0202. The van der Waals surface area contributed by atoms with E-state index in [4.69, 9.17) is 28.4 Å². The van der Waals surface area contributed by atoms with Gasteiger partial charge in [-0.25, -0.2) is 9.59 Å². The fourth-order valence-electron chi connectivity index (χ4n) is 11.0. The number of esters is 5. The molecule has 71 heavy (non-hydrogen) atoms. The molecule has 0 radical (unpaired) electrons. The molecule has 3 fully saturated rings. The lowest BCUT2D eigenvalue weighted by Gasteiger charge is -2.67. The Bertz CT molecular complexity index is 2630. The first-order valence-corrected chi connectivity index (χ1v) is 23.2. The molecule has 3 aromatic carbocycles. The minimum Gasteiger partial charge on any atom is -0.481 e. The molecule has 3 aliphatic carbocycles. The lowest BCUT2D eigenvalue weighted by molar-refractivity contribution is -0.346. The summed E-state index contributed by atoms with van der Waals surface area (Å²) in [5, 5.41) is 38.6. The third-order valence-electron chi connectivity index (χ3n) is 14.8. The van der Waals surface area contributed by atoms with E-state index in [1.165, 1.54) is 65.8 Å². The van der Waals surface area contributed by atoms with Crippen LogP contribution < -0.4 is 5.32 Å². The molecule has 1 aliphatic heterocycles. The fraction of sp³-hybridized carbons (Fsp3) is 0.472. The number of rotatable bonds is 14. The number of carbonyl (C=O) groups excluding carboxylic acids is 7. The molecular weight excluding hydrogens is 923 g/mol. The number of aliphatic carboxylic acids is 1. The van der Waals surface area contributed by atoms with Crippen molar-refractivity contribution in [2.45, 2.75) is 129 Å². The highest BCUT2D eigenvalue weighted by atomic mass is 16.6. The molecule has 7 rings (SSSR count). The average molecular weight is 982 g/mol. The maximum absolute atomic E-state index is 15.7. The minimum atomic E-state index is -2.51. The third kappa shape index (κ3) is 9.35. The van der Waals surface area contributed by atoms with Gasteiger partial charge in [0.25, 0.3) is 5.91 Å². The fourth-order valence-corrected chi connectivity index (χ4v) is 11.0. The van der Waals surface area contributed by atoms with Crippen LogP contribution in [0.2, 0.25) is 0 Å². The Labute approximate surface area is 410 Å². The van der Waals surface area contributed by atoms with Crippen LogP contribution in [-0.2, 0) is 57.2 Å². The second-order valence-corrected chi connectivity index (χ2v) is 20.2. The Balaban J connectivity index is 1.44. The first-order chi connectivity index (χ1) is 33.3. The number of Topliss-reactive ketones (excluding diaryl/α,β-unsaturated/α-hetero) is 1. The first kappa shape index (κ1) is 52.1. The van der Waals surface area contributed by atoms with Crippen LogP contribution in [0.5, 0.6) is 0 Å². The normalized spacial score (nSPS) is 29.4. The van der Waals surface area contributed by atoms with Crippen LogP contribution in [0, 0.1) is 22.2 Å². The summed E-state index contributed by atoms with van der Waals surface area (Å²) in [5.41, 5.74) is -9.57. The van der Waals surface area contributed by atoms with Gasteiger partial charge in [0.15, 0.2) is 17.5 Å². The topological polar surface area (TPSA) is 265 Å². The largest absolute Gasteiger partial charge is 0.481 e. The second-order valence-electron chi connectivity index (χ2n) is 20.2. The van der Waals surface area contributed by atoms with Crippen LogP contribution >= 0.6 is 0 Å². The zero-order chi connectivity index (χ0) is 52.0. The van der Waals surface area contributed by atoms with Gasteiger partial charge < -0.3 is 49.1 Å². The van der Waals surface area contributed by atoms with Crippen molar-refractivity contribution in [3.8, 4) is 0 Å². The van der Waals surface area contributed by atoms with Crippen LogP contribution in [0.1, 0.15) is 107 Å². The lowest BCUT2D eigenvalue weighted by atomic mass is 9.44. The van der Waals surface area contributed by atoms with E-state index in [0.717, 1.165) is 13.8 Å². The van der Waals surface area contributed by atoms with E-state index < -0.39 is 136 Å². The number of carboxylic acids is 1. The Morgan fingerprint density at radius 1 is 0.831 bits per heavy atom. The van der Waals surface area contributed by atoms with Crippen molar-refractivity contribution in [1.82, 2.24) is 5.32 Å². The van der Waals surface area contributed by atoms with Gasteiger partial charge in [-0.05, 0) is 68.7 Å². The number of ketones is 1. The molecule has 4 aliphatic rings. The number of aliphatic hydroxyl groups is 2. The number of ether oxygens (including phenoxy) is 6. The molecule has 378 valence electrons. The van der Waals surface area contributed by atoms with E-state index in [1.807, 2.05) is 0 Å². The van der Waals surface area contributed by atoms with E-state index >= 15 is 9.59 Å². The summed E-state index contributed by atoms with van der Waals surface area (Å²) in [5.74, 6) is -9.83. The summed E-state index contributed by atoms with van der Waals surface area (Å²) in [6.07, 6.45) is -11.9. The molecule has 0 aromatic heterocycles. The highest BCUT2D eigenvalue weighted by molar-refractivity contribution is 5.96. The number of nitrogens with one attached hydrogen (secondary N) is 1. The summed E-state index contributed by atoms with van der Waals surface area (Å²) >= 11 is 0. The predicted octanol–water partition coefficient (Wildman–Crippen LogP) is 4.79. The number of hydrogen-bond acceptors (Lipinski definition) is 16. The Morgan fingerprint density at radius 2 is 1.41 bits per heavy atom. The smallest absolute Gasteiger partial charge is 0.350 e. The molecule has 2 bridgehead atoms. The van der Waals surface area contributed by atoms with Gasteiger partial charge in [0.05, 0.1) is 41.4 Å². The quantitative estimate of drug-likeness (QED) is 0.0961. The number of hydrogen-bond donors (Lipinski definition) is 4. The molecule has 1 heterocycles. The number of carbonyl (C=O) groups is 8. The van der Waals surface area contributed by atoms with Crippen molar-refractivity contribution >= 4 is 47.5 Å². The van der Waals surface area contributed by atoms with Gasteiger partial charge in [-0.2, -0.15) is 0 Å². The summed E-state index contributed by atoms with van der Waals surface area (Å²) in [6.45, 7) is 10.3. The number of fused-ring (bicyclic) bond motifs is 5. The summed E-state index contributed by atoms with van der Waals surface area (Å²) in [4.78, 5) is 112. The van der Waals surface area contributed by atoms with Gasteiger partial charge in [-0.3, -0.25) is 28.8 Å². The van der Waals surface area contributed by atoms with Gasteiger partial charge >= 0.3 is 35.8 Å². The van der Waals surface area contributed by atoms with Gasteiger partial charge in [-0.15, -0.1) is 0 Å². The standard InChI is InChI=1S/C53H59NO17/c1-28-34(68-47(63)41(69-48(64)49(4,5)26-37(58)59)39(31-18-12-9-13-19-31)54-45(61)32-20-14-10-15-21-32)25-53(65)44(70-46(62)33-22-16-11-17-23-33)42-51(8,35(57)24-36-52(42,27-66-36)71-30(3)56)43(60)40(67-29(2)55)38(28)50(53,6)7/h9-23,34-36,39-42,44,57,65H,24-27H2,1-8H3,(H,54,61)(H,58,59)/t34-,35-,36+,39-,40+,41+,42?,44?,51+,52-,53+/m0/s1. The zero-order valence-corrected chi connectivity index (χ0v) is 40.7. The van der Waals surface area contributed by atoms with Crippen LogP contribution in [0.4, 0.5) is 0 Å². The molecule has 1 amide bonds. The van der Waals surface area contributed by atoms with Gasteiger partial charge in [0.1, 0.15) is 30.0 Å². The zero-order valence-electron chi connectivity index (χ0n) is 40.7. The summed E-state index contributed by atoms with van der Waals surface area (Å²) < 4.78 is 36.7. The van der Waals surface area contributed by atoms with Crippen LogP contribution in [0.25, 0.3) is 0 Å². The Hall–Kier alpha value is -6.76. The van der Waals surface area contributed by atoms with Crippen molar-refractivity contribution < 1.29 is 82.1 Å². The number of amides is 1. The molecular formula is C53H59NO17. The van der Waals surface area contributed by atoms with E-state index in [-0.39, 0.29) is 40.9 Å².